The average Bonchev–Trinajstić information content (AvgIpc) is 2.95. The van der Waals surface area contributed by atoms with Crippen LogP contribution in [0.4, 0.5) is 5.69 Å². The van der Waals surface area contributed by atoms with E-state index in [-0.39, 0.29) is 36.0 Å². The van der Waals surface area contributed by atoms with Crippen LogP contribution in [0.25, 0.3) is 0 Å². The van der Waals surface area contributed by atoms with Crippen LogP contribution in [-0.2, 0) is 20.7 Å². The number of methoxy groups -OCH3 is 1. The van der Waals surface area contributed by atoms with Gasteiger partial charge >= 0.3 is 0 Å². The summed E-state index contributed by atoms with van der Waals surface area (Å²) in [5.74, 6) is 0.994. The first kappa shape index (κ1) is 20.9. The summed E-state index contributed by atoms with van der Waals surface area (Å²) < 4.78 is 10.9. The number of halogens is 1. The molecule has 144 valence electrons. The first-order chi connectivity index (χ1) is 12.2. The summed E-state index contributed by atoms with van der Waals surface area (Å²) in [6.07, 6.45) is 0.553. The molecule has 1 aromatic carbocycles. The standard InChI is InChI=1S/C18H26N4O3.HI/c1-19-18(21-9-10-25-15(12-21)13-24-2)20-7-8-22-16-6-4-3-5-14(16)11-17(22)23;/h3-6,15H,7-13H2,1-2H3,(H,19,20);1H. The van der Waals surface area contributed by atoms with Gasteiger partial charge in [0, 0.05) is 46.0 Å². The number of guanidine groups is 1. The maximum atomic E-state index is 12.2. The normalized spacial score (nSPS) is 20.0. The number of para-hydroxylation sites is 1. The Kier molecular flexibility index (Phi) is 8.11. The molecule has 0 bridgehead atoms. The molecule has 1 amide bonds. The van der Waals surface area contributed by atoms with Gasteiger partial charge in [-0.05, 0) is 11.6 Å². The zero-order valence-electron chi connectivity index (χ0n) is 15.3. The molecule has 2 heterocycles. The third-order valence-electron chi connectivity index (χ3n) is 4.55. The van der Waals surface area contributed by atoms with Crippen LogP contribution in [-0.4, -0.2) is 76.4 Å². The van der Waals surface area contributed by atoms with E-state index in [9.17, 15) is 4.79 Å². The fourth-order valence-corrected chi connectivity index (χ4v) is 3.37. The molecule has 8 heteroatoms. The van der Waals surface area contributed by atoms with E-state index in [4.69, 9.17) is 9.47 Å². The third-order valence-corrected chi connectivity index (χ3v) is 4.55. The van der Waals surface area contributed by atoms with Gasteiger partial charge in [0.15, 0.2) is 5.96 Å². The van der Waals surface area contributed by atoms with Crippen molar-refractivity contribution in [3.63, 3.8) is 0 Å². The number of rotatable bonds is 5. The number of hydrogen-bond acceptors (Lipinski definition) is 4. The van der Waals surface area contributed by atoms with Gasteiger partial charge in [-0.15, -0.1) is 24.0 Å². The number of anilines is 1. The van der Waals surface area contributed by atoms with Crippen molar-refractivity contribution in [2.45, 2.75) is 12.5 Å². The van der Waals surface area contributed by atoms with Crippen LogP contribution in [0.2, 0.25) is 0 Å². The summed E-state index contributed by atoms with van der Waals surface area (Å²) in [4.78, 5) is 20.6. The van der Waals surface area contributed by atoms with Crippen LogP contribution in [0, 0.1) is 0 Å². The number of ether oxygens (including phenoxy) is 2. The van der Waals surface area contributed by atoms with Crippen LogP contribution in [0.15, 0.2) is 29.3 Å². The second kappa shape index (κ2) is 10.1. The predicted molar refractivity (Wildman–Crippen MR) is 112 cm³/mol. The molecule has 0 aromatic heterocycles. The summed E-state index contributed by atoms with van der Waals surface area (Å²) >= 11 is 0. The molecule has 1 unspecified atom stereocenters. The molecule has 2 aliphatic heterocycles. The van der Waals surface area contributed by atoms with Crippen molar-refractivity contribution in [3.8, 4) is 0 Å². The maximum absolute atomic E-state index is 12.2. The minimum Gasteiger partial charge on any atom is -0.382 e. The van der Waals surface area contributed by atoms with Gasteiger partial charge < -0.3 is 24.6 Å². The average molecular weight is 474 g/mol. The Morgan fingerprint density at radius 3 is 3.00 bits per heavy atom. The van der Waals surface area contributed by atoms with E-state index >= 15 is 0 Å². The zero-order chi connectivity index (χ0) is 17.6. The number of hydrogen-bond donors (Lipinski definition) is 1. The Balaban J connectivity index is 0.00000243. The molecule has 2 aliphatic rings. The molecule has 1 atom stereocenters. The first-order valence-corrected chi connectivity index (χ1v) is 8.67. The van der Waals surface area contributed by atoms with Crippen molar-refractivity contribution in [3.05, 3.63) is 29.8 Å². The van der Waals surface area contributed by atoms with Crippen LogP contribution >= 0.6 is 24.0 Å². The first-order valence-electron chi connectivity index (χ1n) is 8.67. The molecular weight excluding hydrogens is 447 g/mol. The Morgan fingerprint density at radius 2 is 2.23 bits per heavy atom. The topological polar surface area (TPSA) is 66.4 Å². The Bertz CT molecular complexity index is 639. The van der Waals surface area contributed by atoms with E-state index in [1.54, 1.807) is 14.2 Å². The number of nitrogens with one attached hydrogen (secondary N) is 1. The highest BCUT2D eigenvalue weighted by Crippen LogP contribution is 2.27. The largest absolute Gasteiger partial charge is 0.382 e. The minimum absolute atomic E-state index is 0. The molecule has 1 aromatic rings. The molecule has 3 rings (SSSR count). The molecule has 1 fully saturated rings. The third kappa shape index (κ3) is 4.86. The van der Waals surface area contributed by atoms with Gasteiger partial charge in [0.2, 0.25) is 5.91 Å². The fraction of sp³-hybridized carbons (Fsp3) is 0.556. The van der Waals surface area contributed by atoms with E-state index in [1.165, 1.54) is 0 Å². The number of aliphatic imine (C=N–C) groups is 1. The second-order valence-electron chi connectivity index (χ2n) is 6.22. The molecule has 0 radical (unpaired) electrons. The van der Waals surface area contributed by atoms with Gasteiger partial charge in [-0.3, -0.25) is 9.79 Å². The molecule has 0 spiro atoms. The highest BCUT2D eigenvalue weighted by Gasteiger charge is 2.27. The van der Waals surface area contributed by atoms with Gasteiger partial charge in [-0.1, -0.05) is 18.2 Å². The highest BCUT2D eigenvalue weighted by atomic mass is 127. The predicted octanol–water partition coefficient (Wildman–Crippen LogP) is 1.12. The van der Waals surface area contributed by atoms with Crippen molar-refractivity contribution in [2.24, 2.45) is 4.99 Å². The Labute approximate surface area is 171 Å². The lowest BCUT2D eigenvalue weighted by atomic mass is 10.2. The van der Waals surface area contributed by atoms with E-state index in [0.29, 0.717) is 32.7 Å². The molecular formula is C18H27IN4O3. The Morgan fingerprint density at radius 1 is 1.42 bits per heavy atom. The van der Waals surface area contributed by atoms with Crippen molar-refractivity contribution >= 4 is 41.5 Å². The van der Waals surface area contributed by atoms with Gasteiger partial charge in [0.25, 0.3) is 0 Å². The fourth-order valence-electron chi connectivity index (χ4n) is 3.37. The smallest absolute Gasteiger partial charge is 0.231 e. The van der Waals surface area contributed by atoms with Crippen molar-refractivity contribution in [1.29, 1.82) is 0 Å². The molecule has 1 saturated heterocycles. The highest BCUT2D eigenvalue weighted by molar-refractivity contribution is 14.0. The lowest BCUT2D eigenvalue weighted by Gasteiger charge is -2.35. The van der Waals surface area contributed by atoms with E-state index in [1.807, 2.05) is 29.2 Å². The van der Waals surface area contributed by atoms with Crippen LogP contribution in [0.3, 0.4) is 0 Å². The van der Waals surface area contributed by atoms with Crippen molar-refractivity contribution in [1.82, 2.24) is 10.2 Å². The number of nitrogens with zero attached hydrogens (tertiary/aromatic N) is 3. The SMILES string of the molecule is CN=C(NCCN1C(=O)Cc2ccccc21)N1CCOC(COC)C1.I. The van der Waals surface area contributed by atoms with Gasteiger partial charge in [-0.25, -0.2) is 0 Å². The summed E-state index contributed by atoms with van der Waals surface area (Å²) in [6, 6.07) is 7.97. The molecule has 7 nitrogen and oxygen atoms in total. The monoisotopic (exact) mass is 474 g/mol. The molecule has 0 aliphatic carbocycles. The summed E-state index contributed by atoms with van der Waals surface area (Å²) in [7, 11) is 3.46. The van der Waals surface area contributed by atoms with Crippen LogP contribution in [0.5, 0.6) is 0 Å². The quantitative estimate of drug-likeness (QED) is 0.394. The lowest BCUT2D eigenvalue weighted by Crippen LogP contribution is -2.52. The molecule has 0 saturated carbocycles. The van der Waals surface area contributed by atoms with Gasteiger partial charge in [0.05, 0.1) is 25.7 Å². The summed E-state index contributed by atoms with van der Waals surface area (Å²) in [5.41, 5.74) is 2.13. The Hall–Kier alpha value is -1.39. The van der Waals surface area contributed by atoms with Gasteiger partial charge in [0.1, 0.15) is 0 Å². The zero-order valence-corrected chi connectivity index (χ0v) is 17.6. The number of carbonyl (C=O) groups excluding carboxylic acids is 1. The number of morpholine rings is 1. The van der Waals surface area contributed by atoms with Crippen molar-refractivity contribution in [2.75, 3.05) is 58.5 Å². The molecule has 1 N–H and O–H groups in total. The molecule has 26 heavy (non-hydrogen) atoms. The van der Waals surface area contributed by atoms with E-state index in [2.05, 4.69) is 15.2 Å². The number of fused-ring (bicyclic) bond motifs is 1. The number of benzene rings is 1. The number of carbonyl (C=O) groups is 1. The number of amides is 1. The second-order valence-corrected chi connectivity index (χ2v) is 6.22. The van der Waals surface area contributed by atoms with Gasteiger partial charge in [-0.2, -0.15) is 0 Å². The summed E-state index contributed by atoms with van der Waals surface area (Å²) in [5, 5.41) is 3.37. The maximum Gasteiger partial charge on any atom is 0.231 e. The van der Waals surface area contributed by atoms with Crippen LogP contribution < -0.4 is 10.2 Å². The van der Waals surface area contributed by atoms with Crippen LogP contribution in [0.1, 0.15) is 5.56 Å². The lowest BCUT2D eigenvalue weighted by molar-refractivity contribution is -0.117. The summed E-state index contributed by atoms with van der Waals surface area (Å²) in [6.45, 7) is 4.06. The minimum atomic E-state index is 0. The van der Waals surface area contributed by atoms with Crippen molar-refractivity contribution < 1.29 is 14.3 Å². The van der Waals surface area contributed by atoms with E-state index < -0.39 is 0 Å². The van der Waals surface area contributed by atoms with E-state index in [0.717, 1.165) is 30.3 Å².